The predicted molar refractivity (Wildman–Crippen MR) is 74.7 cm³/mol. The molecule has 0 bridgehead atoms. The van der Waals surface area contributed by atoms with Crippen LogP contribution in [0.25, 0.3) is 0 Å². The van der Waals surface area contributed by atoms with Crippen molar-refractivity contribution in [2.75, 3.05) is 0 Å². The number of benzene rings is 1. The Morgan fingerprint density at radius 1 is 1.53 bits per heavy atom. The molecule has 0 spiro atoms. The number of hydrazone groups is 2. The summed E-state index contributed by atoms with van der Waals surface area (Å²) in [5.74, 6) is -0.502. The normalized spacial score (nSPS) is 14.4. The molecule has 0 radical (unpaired) electrons. The Hall–Kier alpha value is -2.02. The predicted octanol–water partition coefficient (Wildman–Crippen LogP) is 1.17. The SMILES string of the molecule is O=C(CC1=NNC(=O)C1)NN=Cc1ccccc1Br. The van der Waals surface area contributed by atoms with Gasteiger partial charge >= 0.3 is 0 Å². The molecule has 7 heteroatoms. The third-order valence-corrected chi connectivity index (χ3v) is 3.09. The van der Waals surface area contributed by atoms with E-state index in [1.165, 1.54) is 0 Å². The average molecular weight is 323 g/mol. The van der Waals surface area contributed by atoms with Crippen molar-refractivity contribution < 1.29 is 9.59 Å². The van der Waals surface area contributed by atoms with Gasteiger partial charge in [0.1, 0.15) is 0 Å². The Morgan fingerprint density at radius 2 is 2.32 bits per heavy atom. The molecule has 0 aliphatic carbocycles. The van der Waals surface area contributed by atoms with E-state index >= 15 is 0 Å². The monoisotopic (exact) mass is 322 g/mol. The molecule has 6 nitrogen and oxygen atoms in total. The molecule has 0 unspecified atom stereocenters. The molecule has 2 N–H and O–H groups in total. The van der Waals surface area contributed by atoms with Crippen molar-refractivity contribution in [2.45, 2.75) is 12.8 Å². The van der Waals surface area contributed by atoms with Gasteiger partial charge in [-0.2, -0.15) is 10.2 Å². The number of hydrogen-bond donors (Lipinski definition) is 2. The summed E-state index contributed by atoms with van der Waals surface area (Å²) in [6.45, 7) is 0. The molecule has 2 rings (SSSR count). The van der Waals surface area contributed by atoms with E-state index in [0.717, 1.165) is 10.0 Å². The zero-order valence-corrected chi connectivity index (χ0v) is 11.5. The molecule has 1 aromatic rings. The maximum Gasteiger partial charge on any atom is 0.245 e. The van der Waals surface area contributed by atoms with Crippen molar-refractivity contribution in [3.05, 3.63) is 34.3 Å². The highest BCUT2D eigenvalue weighted by molar-refractivity contribution is 9.10. The van der Waals surface area contributed by atoms with Gasteiger partial charge in [0, 0.05) is 10.0 Å². The second-order valence-electron chi connectivity index (χ2n) is 3.88. The van der Waals surface area contributed by atoms with Gasteiger partial charge in [0.2, 0.25) is 11.8 Å². The fourth-order valence-electron chi connectivity index (χ4n) is 1.49. The first kappa shape index (κ1) is 13.4. The third kappa shape index (κ3) is 3.99. The van der Waals surface area contributed by atoms with Gasteiger partial charge in [-0.1, -0.05) is 34.1 Å². The minimum Gasteiger partial charge on any atom is -0.273 e. The standard InChI is InChI=1S/C12H11BrN4O2/c13-10-4-2-1-3-8(10)7-14-16-11(18)5-9-6-12(19)17-15-9/h1-4,7H,5-6H2,(H,16,18)(H,17,19). The Morgan fingerprint density at radius 3 is 3.00 bits per heavy atom. The molecule has 0 atom stereocenters. The molecular formula is C12H11BrN4O2. The number of hydrogen-bond acceptors (Lipinski definition) is 4. The zero-order chi connectivity index (χ0) is 13.7. The molecule has 2 amide bonds. The topological polar surface area (TPSA) is 82.9 Å². The second kappa shape index (κ2) is 6.24. The van der Waals surface area contributed by atoms with Gasteiger partial charge in [-0.25, -0.2) is 10.9 Å². The van der Waals surface area contributed by atoms with Crippen LogP contribution in [-0.2, 0) is 9.59 Å². The van der Waals surface area contributed by atoms with E-state index in [2.05, 4.69) is 37.0 Å². The van der Waals surface area contributed by atoms with Crippen molar-refractivity contribution in [3.8, 4) is 0 Å². The summed E-state index contributed by atoms with van der Waals surface area (Å²) < 4.78 is 0.892. The minimum atomic E-state index is -0.307. The van der Waals surface area contributed by atoms with Crippen molar-refractivity contribution in [3.63, 3.8) is 0 Å². The summed E-state index contributed by atoms with van der Waals surface area (Å²) in [7, 11) is 0. The van der Waals surface area contributed by atoms with Crippen LogP contribution in [0, 0.1) is 0 Å². The van der Waals surface area contributed by atoms with Gasteiger partial charge in [0.05, 0.1) is 24.8 Å². The third-order valence-electron chi connectivity index (χ3n) is 2.37. The summed E-state index contributed by atoms with van der Waals surface area (Å²) in [6, 6.07) is 7.51. The average Bonchev–Trinajstić information content (AvgIpc) is 2.77. The van der Waals surface area contributed by atoms with Crippen LogP contribution in [0.5, 0.6) is 0 Å². The lowest BCUT2D eigenvalue weighted by Gasteiger charge is -1.99. The number of rotatable bonds is 4. The number of nitrogens with zero attached hydrogens (tertiary/aromatic N) is 2. The zero-order valence-electron chi connectivity index (χ0n) is 9.89. The maximum absolute atomic E-state index is 11.5. The summed E-state index contributed by atoms with van der Waals surface area (Å²) >= 11 is 3.37. The van der Waals surface area contributed by atoms with Gasteiger partial charge in [0.25, 0.3) is 0 Å². The van der Waals surface area contributed by atoms with Crippen LogP contribution in [0.15, 0.2) is 38.9 Å². The molecule has 1 aromatic carbocycles. The van der Waals surface area contributed by atoms with E-state index in [1.807, 2.05) is 24.3 Å². The molecule has 0 aromatic heterocycles. The van der Waals surface area contributed by atoms with Crippen LogP contribution in [0.2, 0.25) is 0 Å². The van der Waals surface area contributed by atoms with Crippen LogP contribution in [0.4, 0.5) is 0 Å². The Bertz CT molecular complexity index is 569. The van der Waals surface area contributed by atoms with Crippen LogP contribution in [0.1, 0.15) is 18.4 Å². The van der Waals surface area contributed by atoms with E-state index in [-0.39, 0.29) is 24.7 Å². The van der Waals surface area contributed by atoms with Gasteiger partial charge < -0.3 is 0 Å². The van der Waals surface area contributed by atoms with Gasteiger partial charge in [-0.05, 0) is 6.07 Å². The van der Waals surface area contributed by atoms with Crippen molar-refractivity contribution in [1.82, 2.24) is 10.9 Å². The van der Waals surface area contributed by atoms with Crippen LogP contribution in [0.3, 0.4) is 0 Å². The van der Waals surface area contributed by atoms with Crippen molar-refractivity contribution in [2.24, 2.45) is 10.2 Å². The lowest BCUT2D eigenvalue weighted by Crippen LogP contribution is -2.20. The van der Waals surface area contributed by atoms with E-state index in [1.54, 1.807) is 6.21 Å². The second-order valence-corrected chi connectivity index (χ2v) is 4.74. The minimum absolute atomic E-state index is 0.0615. The first-order valence-corrected chi connectivity index (χ1v) is 6.35. The molecule has 0 fully saturated rings. The van der Waals surface area contributed by atoms with E-state index in [4.69, 9.17) is 0 Å². The molecule has 0 saturated carbocycles. The first-order chi connectivity index (χ1) is 9.15. The number of nitrogens with one attached hydrogen (secondary N) is 2. The Kier molecular flexibility index (Phi) is 4.40. The van der Waals surface area contributed by atoms with Crippen molar-refractivity contribution in [1.29, 1.82) is 0 Å². The van der Waals surface area contributed by atoms with E-state index < -0.39 is 0 Å². The lowest BCUT2D eigenvalue weighted by atomic mass is 10.2. The number of carbonyl (C=O) groups excluding carboxylic acids is 2. The maximum atomic E-state index is 11.5. The number of halogens is 1. The quantitative estimate of drug-likeness (QED) is 0.644. The fourth-order valence-corrected chi connectivity index (χ4v) is 1.87. The number of amides is 2. The van der Waals surface area contributed by atoms with Crippen LogP contribution in [-0.4, -0.2) is 23.7 Å². The summed E-state index contributed by atoms with van der Waals surface area (Å²) in [6.07, 6.45) is 1.77. The molecule has 1 heterocycles. The van der Waals surface area contributed by atoms with E-state index in [9.17, 15) is 9.59 Å². The summed E-state index contributed by atoms with van der Waals surface area (Å²) in [4.78, 5) is 22.4. The highest BCUT2D eigenvalue weighted by atomic mass is 79.9. The molecule has 1 aliphatic rings. The highest BCUT2D eigenvalue weighted by Gasteiger charge is 2.16. The lowest BCUT2D eigenvalue weighted by molar-refractivity contribution is -0.119. The Labute approximate surface area is 118 Å². The van der Waals surface area contributed by atoms with Gasteiger partial charge in [0.15, 0.2) is 0 Å². The largest absolute Gasteiger partial charge is 0.273 e. The number of carbonyl (C=O) groups is 2. The van der Waals surface area contributed by atoms with Gasteiger partial charge in [-0.15, -0.1) is 0 Å². The molecule has 1 aliphatic heterocycles. The first-order valence-electron chi connectivity index (χ1n) is 5.56. The van der Waals surface area contributed by atoms with Gasteiger partial charge in [-0.3, -0.25) is 9.59 Å². The molecule has 98 valence electrons. The summed E-state index contributed by atoms with van der Waals surface area (Å²) in [5, 5.41) is 7.58. The van der Waals surface area contributed by atoms with E-state index in [0.29, 0.717) is 5.71 Å². The summed E-state index contributed by atoms with van der Waals surface area (Å²) in [5.41, 5.74) is 6.05. The van der Waals surface area contributed by atoms with Crippen LogP contribution < -0.4 is 10.9 Å². The smallest absolute Gasteiger partial charge is 0.245 e. The fraction of sp³-hybridized carbons (Fsp3) is 0.167. The Balaban J connectivity index is 1.84. The molecular weight excluding hydrogens is 312 g/mol. The van der Waals surface area contributed by atoms with Crippen LogP contribution >= 0.6 is 15.9 Å². The molecule has 19 heavy (non-hydrogen) atoms. The molecule has 0 saturated heterocycles. The highest BCUT2D eigenvalue weighted by Crippen LogP contribution is 2.13. The van der Waals surface area contributed by atoms with Crippen molar-refractivity contribution >= 4 is 39.7 Å².